The van der Waals surface area contributed by atoms with Crippen LogP contribution < -0.4 is 29.6 Å². The van der Waals surface area contributed by atoms with E-state index in [4.69, 9.17) is 0 Å². The molecule has 0 aliphatic carbocycles. The first-order valence-electron chi connectivity index (χ1n) is 8.56. The second kappa shape index (κ2) is 21.0. The van der Waals surface area contributed by atoms with E-state index in [9.17, 15) is 0 Å². The Morgan fingerprint density at radius 2 is 0.842 bits per heavy atom. The molecular weight excluding hydrogens is 239 g/mol. The first-order chi connectivity index (χ1) is 8.91. The molecule has 0 aromatic rings. The maximum Gasteiger partial charge on any atom is 1.00 e. The molecule has 0 atom stereocenters. The van der Waals surface area contributed by atoms with E-state index in [0.717, 1.165) is 0 Å². The van der Waals surface area contributed by atoms with Crippen LogP contribution in [0.2, 0.25) is 0 Å². The van der Waals surface area contributed by atoms with Gasteiger partial charge in [-0.05, 0) is 25.7 Å². The van der Waals surface area contributed by atoms with E-state index in [1.165, 1.54) is 89.9 Å². The molecule has 0 aromatic carbocycles. The van der Waals surface area contributed by atoms with Crippen molar-refractivity contribution in [3.05, 3.63) is 12.2 Å². The Hall–Kier alpha value is 0.740. The predicted molar refractivity (Wildman–Crippen MR) is 86.2 cm³/mol. The van der Waals surface area contributed by atoms with Crippen molar-refractivity contribution in [3.8, 4) is 0 Å². The Kier molecular flexibility index (Phi) is 24.4. The molecule has 0 heterocycles. The van der Waals surface area contributed by atoms with E-state index in [2.05, 4.69) is 26.0 Å². The largest absolute Gasteiger partial charge is 1.00 e. The predicted octanol–water partition coefficient (Wildman–Crippen LogP) is 4.16. The number of hydrogen-bond donors (Lipinski definition) is 0. The summed E-state index contributed by atoms with van der Waals surface area (Å²) in [5, 5.41) is 0. The van der Waals surface area contributed by atoms with Crippen LogP contribution in [0.15, 0.2) is 12.2 Å². The second-order valence-corrected chi connectivity index (χ2v) is 5.58. The van der Waals surface area contributed by atoms with Gasteiger partial charge in [-0.2, -0.15) is 0 Å². The summed E-state index contributed by atoms with van der Waals surface area (Å²) < 4.78 is 0. The molecule has 0 unspecified atom stereocenters. The first kappa shape index (κ1) is 22.0. The third-order valence-electron chi connectivity index (χ3n) is 3.62. The van der Waals surface area contributed by atoms with Crippen LogP contribution in [0.4, 0.5) is 0 Å². The Balaban J connectivity index is -0.00000144. The minimum Gasteiger partial charge on any atom is -1.00 e. The van der Waals surface area contributed by atoms with Crippen LogP contribution >= 0.6 is 0 Å². The van der Waals surface area contributed by atoms with Crippen molar-refractivity contribution in [1.29, 1.82) is 0 Å². The molecule has 19 heavy (non-hydrogen) atoms. The van der Waals surface area contributed by atoms with Crippen molar-refractivity contribution in [2.75, 3.05) is 0 Å². The monoisotopic (exact) mass is 276 g/mol. The van der Waals surface area contributed by atoms with Gasteiger partial charge in [0, 0.05) is 0 Å². The van der Waals surface area contributed by atoms with Gasteiger partial charge in [0.25, 0.3) is 0 Å². The zero-order valence-corrected chi connectivity index (χ0v) is 16.1. The van der Waals surface area contributed by atoms with Gasteiger partial charge in [0.15, 0.2) is 0 Å². The molecule has 1 heteroatoms. The van der Waals surface area contributed by atoms with E-state index >= 15 is 0 Å². The van der Waals surface area contributed by atoms with E-state index in [1.54, 1.807) is 0 Å². The summed E-state index contributed by atoms with van der Waals surface area (Å²) in [7, 11) is 0. The Labute approximate surface area is 146 Å². The van der Waals surface area contributed by atoms with Gasteiger partial charge >= 0.3 is 29.6 Å². The van der Waals surface area contributed by atoms with Gasteiger partial charge in [-0.25, -0.2) is 0 Å². The van der Waals surface area contributed by atoms with Gasteiger partial charge in [-0.3, -0.25) is 0 Å². The molecule has 0 nitrogen and oxygen atoms in total. The third-order valence-corrected chi connectivity index (χ3v) is 3.62. The molecule has 0 radical (unpaired) electrons. The van der Waals surface area contributed by atoms with Crippen LogP contribution in [0.1, 0.15) is 105 Å². The van der Waals surface area contributed by atoms with Gasteiger partial charge in [-0.1, -0.05) is 90.2 Å². The van der Waals surface area contributed by atoms with Crippen LogP contribution in [0, 0.1) is 0 Å². The molecule has 0 spiro atoms. The molecule has 0 N–H and O–H groups in total. The Morgan fingerprint density at radius 3 is 1.21 bits per heavy atom. The van der Waals surface area contributed by atoms with Crippen molar-refractivity contribution in [2.24, 2.45) is 0 Å². The maximum atomic E-state index is 2.41. The minimum atomic E-state index is 0. The van der Waals surface area contributed by atoms with E-state index in [1.807, 2.05) is 0 Å². The molecular formula is C18H37Na. The van der Waals surface area contributed by atoms with Crippen molar-refractivity contribution in [2.45, 2.75) is 104 Å². The molecule has 110 valence electrons. The van der Waals surface area contributed by atoms with Crippen molar-refractivity contribution < 1.29 is 31.0 Å². The topological polar surface area (TPSA) is 0 Å². The molecule has 0 rings (SSSR count). The van der Waals surface area contributed by atoms with Crippen molar-refractivity contribution in [3.63, 3.8) is 0 Å². The van der Waals surface area contributed by atoms with Gasteiger partial charge in [0.1, 0.15) is 0 Å². The molecule has 0 fully saturated rings. The average Bonchev–Trinajstić information content (AvgIpc) is 2.39. The molecule has 0 aromatic heterocycles. The maximum absolute atomic E-state index is 2.41. The smallest absolute Gasteiger partial charge is 1.00 e. The number of hydrogen-bond acceptors (Lipinski definition) is 0. The molecule has 0 saturated heterocycles. The van der Waals surface area contributed by atoms with Gasteiger partial charge in [0.05, 0.1) is 0 Å². The van der Waals surface area contributed by atoms with E-state index < -0.39 is 0 Å². The fourth-order valence-electron chi connectivity index (χ4n) is 2.32. The average molecular weight is 276 g/mol. The number of allylic oxidation sites excluding steroid dienone is 2. The van der Waals surface area contributed by atoms with Gasteiger partial charge < -0.3 is 1.43 Å². The Bertz CT molecular complexity index is 151. The van der Waals surface area contributed by atoms with Crippen LogP contribution in [-0.2, 0) is 0 Å². The van der Waals surface area contributed by atoms with Crippen LogP contribution in [0.25, 0.3) is 0 Å². The number of rotatable bonds is 14. The Morgan fingerprint density at radius 1 is 0.526 bits per heavy atom. The molecule has 0 bridgehead atoms. The molecule has 0 aliphatic rings. The minimum absolute atomic E-state index is 0. The molecule has 0 aliphatic heterocycles. The zero-order valence-electron chi connectivity index (χ0n) is 15.1. The first-order valence-corrected chi connectivity index (χ1v) is 8.56. The summed E-state index contributed by atoms with van der Waals surface area (Å²) in [6, 6.07) is 0. The standard InChI is InChI=1S/C18H36.Na.H/c1-3-5-7-9-11-13-15-17-18-16-14-12-10-8-6-4-2;;/h17-18H,3-16H2,1-2H3;;/q;+1;-1/b18-17-;;. The summed E-state index contributed by atoms with van der Waals surface area (Å²) in [5.74, 6) is 0. The van der Waals surface area contributed by atoms with Crippen molar-refractivity contribution in [1.82, 2.24) is 0 Å². The van der Waals surface area contributed by atoms with Gasteiger partial charge in [0.2, 0.25) is 0 Å². The molecule has 0 saturated carbocycles. The summed E-state index contributed by atoms with van der Waals surface area (Å²) in [5.41, 5.74) is 0. The van der Waals surface area contributed by atoms with E-state index in [-0.39, 0.29) is 31.0 Å². The van der Waals surface area contributed by atoms with Crippen molar-refractivity contribution >= 4 is 0 Å². The molecule has 0 amide bonds. The summed E-state index contributed by atoms with van der Waals surface area (Å²) in [4.78, 5) is 0. The van der Waals surface area contributed by atoms with Gasteiger partial charge in [-0.15, -0.1) is 0 Å². The summed E-state index contributed by atoms with van der Waals surface area (Å²) in [6.07, 6.45) is 24.4. The fraction of sp³-hybridized carbons (Fsp3) is 0.889. The summed E-state index contributed by atoms with van der Waals surface area (Å²) in [6.45, 7) is 4.57. The van der Waals surface area contributed by atoms with Crippen LogP contribution in [-0.4, -0.2) is 0 Å². The SMILES string of the molecule is CCCCCCCC/C=C\CCCCCCCC.[H-].[Na+]. The second-order valence-electron chi connectivity index (χ2n) is 5.58. The quantitative estimate of drug-likeness (QED) is 0.254. The van der Waals surface area contributed by atoms with E-state index in [0.29, 0.717) is 0 Å². The van der Waals surface area contributed by atoms with Crippen LogP contribution in [0.5, 0.6) is 0 Å². The fourth-order valence-corrected chi connectivity index (χ4v) is 2.32. The van der Waals surface area contributed by atoms with Crippen LogP contribution in [0.3, 0.4) is 0 Å². The normalized spacial score (nSPS) is 10.8. The zero-order chi connectivity index (χ0) is 13.3. The summed E-state index contributed by atoms with van der Waals surface area (Å²) >= 11 is 0. The third kappa shape index (κ3) is 21.2. The number of unbranched alkanes of at least 4 members (excludes halogenated alkanes) is 12.